The molecule has 1 aliphatic rings. The van der Waals surface area contributed by atoms with Crippen LogP contribution in [0.2, 0.25) is 0 Å². The smallest absolute Gasteiger partial charge is 0.255 e. The Kier molecular flexibility index (Phi) is 3.90. The SMILES string of the molecule is O=C(Nc1ccc(-c2nc3ncccc3o2)cc1)c1ccc2c(c1)OCCO2. The molecule has 0 spiro atoms. The summed E-state index contributed by atoms with van der Waals surface area (Å²) in [7, 11) is 0. The van der Waals surface area contributed by atoms with Gasteiger partial charge in [-0.1, -0.05) is 0 Å². The predicted molar refractivity (Wildman–Crippen MR) is 103 cm³/mol. The van der Waals surface area contributed by atoms with Crippen LogP contribution in [-0.2, 0) is 0 Å². The summed E-state index contributed by atoms with van der Waals surface area (Å²) in [5, 5.41) is 2.87. The predicted octanol–water partition coefficient (Wildman–Crippen LogP) is 3.91. The van der Waals surface area contributed by atoms with Crippen LogP contribution in [0.15, 0.2) is 65.2 Å². The first-order valence-corrected chi connectivity index (χ1v) is 8.79. The van der Waals surface area contributed by atoms with Gasteiger partial charge < -0.3 is 19.2 Å². The first kappa shape index (κ1) is 16.3. The van der Waals surface area contributed by atoms with Gasteiger partial charge in [0.1, 0.15) is 13.2 Å². The molecule has 7 nitrogen and oxygen atoms in total. The molecule has 7 heteroatoms. The zero-order chi connectivity index (χ0) is 18.9. The maximum Gasteiger partial charge on any atom is 0.255 e. The molecule has 28 heavy (non-hydrogen) atoms. The van der Waals surface area contributed by atoms with Gasteiger partial charge in [-0.15, -0.1) is 0 Å². The summed E-state index contributed by atoms with van der Waals surface area (Å²) < 4.78 is 16.7. The van der Waals surface area contributed by atoms with Gasteiger partial charge in [0.15, 0.2) is 22.7 Å². The molecule has 0 fully saturated rings. The number of anilines is 1. The molecule has 1 amide bonds. The second-order valence-corrected chi connectivity index (χ2v) is 6.23. The Morgan fingerprint density at radius 3 is 2.61 bits per heavy atom. The summed E-state index contributed by atoms with van der Waals surface area (Å²) in [4.78, 5) is 21.1. The first-order valence-electron chi connectivity index (χ1n) is 8.79. The molecule has 138 valence electrons. The lowest BCUT2D eigenvalue weighted by Crippen LogP contribution is -2.17. The van der Waals surface area contributed by atoms with Gasteiger partial charge in [-0.2, -0.15) is 4.98 Å². The molecule has 0 unspecified atom stereocenters. The summed E-state index contributed by atoms with van der Waals surface area (Å²) in [6.07, 6.45) is 1.67. The molecular weight excluding hydrogens is 358 g/mol. The minimum atomic E-state index is -0.226. The number of hydrogen-bond acceptors (Lipinski definition) is 6. The van der Waals surface area contributed by atoms with Crippen LogP contribution in [0.25, 0.3) is 22.7 Å². The van der Waals surface area contributed by atoms with E-state index in [-0.39, 0.29) is 5.91 Å². The summed E-state index contributed by atoms with van der Waals surface area (Å²) in [5.74, 6) is 1.49. The highest BCUT2D eigenvalue weighted by Crippen LogP contribution is 2.31. The fraction of sp³-hybridized carbons (Fsp3) is 0.0952. The van der Waals surface area contributed by atoms with E-state index in [4.69, 9.17) is 13.9 Å². The van der Waals surface area contributed by atoms with E-state index in [1.165, 1.54) is 0 Å². The molecule has 0 atom stereocenters. The van der Waals surface area contributed by atoms with Gasteiger partial charge in [0.25, 0.3) is 5.91 Å². The molecule has 0 aliphatic carbocycles. The number of ether oxygens (including phenoxy) is 2. The van der Waals surface area contributed by atoms with E-state index in [1.807, 2.05) is 18.2 Å². The Balaban J connectivity index is 1.34. The molecule has 0 saturated heterocycles. The third-order valence-corrected chi connectivity index (χ3v) is 4.36. The van der Waals surface area contributed by atoms with E-state index < -0.39 is 0 Å². The molecule has 0 saturated carbocycles. The van der Waals surface area contributed by atoms with Crippen LogP contribution in [0.4, 0.5) is 5.69 Å². The number of carbonyl (C=O) groups is 1. The standard InChI is InChI=1S/C21H15N3O4/c25-20(14-5-8-16-18(12-14)27-11-10-26-16)23-15-6-3-13(4-7-15)21-24-19-17(28-21)2-1-9-22-19/h1-9,12H,10-11H2,(H,23,25). The molecular formula is C21H15N3O4. The number of hydrogen-bond donors (Lipinski definition) is 1. The third-order valence-electron chi connectivity index (χ3n) is 4.36. The fourth-order valence-corrected chi connectivity index (χ4v) is 2.98. The largest absolute Gasteiger partial charge is 0.486 e. The molecule has 2 aromatic heterocycles. The topological polar surface area (TPSA) is 86.5 Å². The van der Waals surface area contributed by atoms with Crippen molar-refractivity contribution in [1.82, 2.24) is 9.97 Å². The lowest BCUT2D eigenvalue weighted by atomic mass is 10.1. The van der Waals surface area contributed by atoms with Crippen LogP contribution in [0, 0.1) is 0 Å². The van der Waals surface area contributed by atoms with E-state index in [9.17, 15) is 4.79 Å². The number of nitrogens with one attached hydrogen (secondary N) is 1. The van der Waals surface area contributed by atoms with Gasteiger partial charge in [-0.05, 0) is 54.6 Å². The number of oxazole rings is 1. The van der Waals surface area contributed by atoms with E-state index in [0.717, 1.165) is 5.56 Å². The van der Waals surface area contributed by atoms with Gasteiger partial charge in [-0.25, -0.2) is 4.98 Å². The van der Waals surface area contributed by atoms with Crippen molar-refractivity contribution in [3.63, 3.8) is 0 Å². The van der Waals surface area contributed by atoms with E-state index in [1.54, 1.807) is 42.6 Å². The monoisotopic (exact) mass is 373 g/mol. The van der Waals surface area contributed by atoms with Gasteiger partial charge >= 0.3 is 0 Å². The number of benzene rings is 2. The molecule has 4 aromatic rings. The van der Waals surface area contributed by atoms with Gasteiger partial charge in [0.05, 0.1) is 0 Å². The Bertz CT molecular complexity index is 1130. The Morgan fingerprint density at radius 2 is 1.79 bits per heavy atom. The second kappa shape index (κ2) is 6.70. The highest BCUT2D eigenvalue weighted by atomic mass is 16.6. The highest BCUT2D eigenvalue weighted by Gasteiger charge is 2.15. The molecule has 1 N–H and O–H groups in total. The van der Waals surface area contributed by atoms with Crippen molar-refractivity contribution < 1.29 is 18.7 Å². The van der Waals surface area contributed by atoms with Crippen LogP contribution >= 0.6 is 0 Å². The summed E-state index contributed by atoms with van der Waals surface area (Å²) in [6, 6.07) is 16.0. The minimum absolute atomic E-state index is 0.226. The molecule has 1 aliphatic heterocycles. The summed E-state index contributed by atoms with van der Waals surface area (Å²) in [5.41, 5.74) is 3.16. The van der Waals surface area contributed by atoms with Crippen LogP contribution in [-0.4, -0.2) is 29.1 Å². The molecule has 0 radical (unpaired) electrons. The van der Waals surface area contributed by atoms with E-state index in [0.29, 0.717) is 53.1 Å². The maximum absolute atomic E-state index is 12.5. The summed E-state index contributed by atoms with van der Waals surface area (Å²) >= 11 is 0. The van der Waals surface area contributed by atoms with Crippen LogP contribution in [0.3, 0.4) is 0 Å². The number of rotatable bonds is 3. The van der Waals surface area contributed by atoms with E-state index >= 15 is 0 Å². The summed E-state index contributed by atoms with van der Waals surface area (Å²) in [6.45, 7) is 0.992. The Labute approximate surface area is 159 Å². The number of aromatic nitrogens is 2. The van der Waals surface area contributed by atoms with Crippen LogP contribution < -0.4 is 14.8 Å². The number of carbonyl (C=O) groups excluding carboxylic acids is 1. The van der Waals surface area contributed by atoms with Crippen molar-refractivity contribution in [2.45, 2.75) is 0 Å². The second-order valence-electron chi connectivity index (χ2n) is 6.23. The van der Waals surface area contributed by atoms with Crippen molar-refractivity contribution in [2.24, 2.45) is 0 Å². The van der Waals surface area contributed by atoms with Gasteiger partial charge in [0.2, 0.25) is 5.89 Å². The molecule has 2 aromatic carbocycles. The van der Waals surface area contributed by atoms with Crippen molar-refractivity contribution in [3.8, 4) is 23.0 Å². The van der Waals surface area contributed by atoms with Gasteiger partial charge in [-0.3, -0.25) is 4.79 Å². The van der Waals surface area contributed by atoms with Crippen molar-refractivity contribution in [2.75, 3.05) is 18.5 Å². The maximum atomic E-state index is 12.5. The fourth-order valence-electron chi connectivity index (χ4n) is 2.98. The number of nitrogens with zero attached hydrogens (tertiary/aromatic N) is 2. The van der Waals surface area contributed by atoms with Crippen molar-refractivity contribution >= 4 is 22.8 Å². The lowest BCUT2D eigenvalue weighted by Gasteiger charge is -2.18. The zero-order valence-electron chi connectivity index (χ0n) is 14.7. The minimum Gasteiger partial charge on any atom is -0.486 e. The quantitative estimate of drug-likeness (QED) is 0.586. The van der Waals surface area contributed by atoms with Gasteiger partial charge in [0, 0.05) is 23.0 Å². The Morgan fingerprint density at radius 1 is 0.964 bits per heavy atom. The van der Waals surface area contributed by atoms with Crippen molar-refractivity contribution in [1.29, 1.82) is 0 Å². The Hall–Kier alpha value is -3.87. The van der Waals surface area contributed by atoms with Crippen molar-refractivity contribution in [3.05, 3.63) is 66.4 Å². The van der Waals surface area contributed by atoms with Crippen LogP contribution in [0.1, 0.15) is 10.4 Å². The number of fused-ring (bicyclic) bond motifs is 2. The first-order chi connectivity index (χ1) is 13.8. The highest BCUT2D eigenvalue weighted by molar-refractivity contribution is 6.04. The molecule has 3 heterocycles. The average molecular weight is 373 g/mol. The molecule has 5 rings (SSSR count). The lowest BCUT2D eigenvalue weighted by molar-refractivity contribution is 0.102. The van der Waals surface area contributed by atoms with E-state index in [2.05, 4.69) is 15.3 Å². The zero-order valence-corrected chi connectivity index (χ0v) is 14.7. The third kappa shape index (κ3) is 3.03. The number of pyridine rings is 1. The normalized spacial score (nSPS) is 12.7. The van der Waals surface area contributed by atoms with Crippen LogP contribution in [0.5, 0.6) is 11.5 Å². The number of amides is 1. The average Bonchev–Trinajstić information content (AvgIpc) is 3.18. The molecule has 0 bridgehead atoms.